The van der Waals surface area contributed by atoms with Gasteiger partial charge < -0.3 is 19.5 Å². The number of hydrogen-bond acceptors (Lipinski definition) is 7. The minimum Gasteiger partial charge on any atom is -0.467 e. The van der Waals surface area contributed by atoms with Crippen molar-refractivity contribution in [1.82, 2.24) is 14.9 Å². The van der Waals surface area contributed by atoms with Gasteiger partial charge in [0.05, 0.1) is 12.8 Å². The summed E-state index contributed by atoms with van der Waals surface area (Å²) in [6, 6.07) is 17.4. The molecule has 0 saturated heterocycles. The molecule has 1 heterocycles. The van der Waals surface area contributed by atoms with Gasteiger partial charge in [0.25, 0.3) is 0 Å². The Balaban J connectivity index is 1.55. The zero-order valence-electron chi connectivity index (χ0n) is 17.5. The van der Waals surface area contributed by atoms with E-state index in [0.717, 1.165) is 11.1 Å². The van der Waals surface area contributed by atoms with Gasteiger partial charge in [-0.1, -0.05) is 60.7 Å². The fourth-order valence-electron chi connectivity index (χ4n) is 2.81. The van der Waals surface area contributed by atoms with Crippen LogP contribution in [0.4, 0.5) is 9.59 Å². The summed E-state index contributed by atoms with van der Waals surface area (Å²) in [4.78, 5) is 40.6. The SMILES string of the molecule is COC(=O)[C@H](Cc1cn(C(=O)OCc2ccccc2)cn1)NC(=O)OCc1ccccc1. The number of carbonyl (C=O) groups is 3. The molecule has 9 nitrogen and oxygen atoms in total. The van der Waals surface area contributed by atoms with Crippen molar-refractivity contribution >= 4 is 18.2 Å². The number of amides is 1. The maximum Gasteiger partial charge on any atom is 0.419 e. The molecule has 9 heteroatoms. The highest BCUT2D eigenvalue weighted by Gasteiger charge is 2.24. The molecule has 0 unspecified atom stereocenters. The number of ether oxygens (including phenoxy) is 3. The lowest BCUT2D eigenvalue weighted by atomic mass is 10.1. The van der Waals surface area contributed by atoms with Crippen LogP contribution in [0.3, 0.4) is 0 Å². The first kappa shape index (κ1) is 22.5. The zero-order valence-corrected chi connectivity index (χ0v) is 17.5. The van der Waals surface area contributed by atoms with E-state index in [4.69, 9.17) is 14.2 Å². The van der Waals surface area contributed by atoms with Crippen molar-refractivity contribution in [2.75, 3.05) is 7.11 Å². The molecule has 32 heavy (non-hydrogen) atoms. The Labute approximate surface area is 184 Å². The third-order valence-corrected chi connectivity index (χ3v) is 4.46. The minimum absolute atomic E-state index is 0.00603. The number of nitrogens with zero attached hydrogens (tertiary/aromatic N) is 2. The van der Waals surface area contributed by atoms with Gasteiger partial charge in [-0.05, 0) is 11.1 Å². The van der Waals surface area contributed by atoms with E-state index in [1.54, 1.807) is 0 Å². The van der Waals surface area contributed by atoms with Crippen molar-refractivity contribution in [3.63, 3.8) is 0 Å². The summed E-state index contributed by atoms with van der Waals surface area (Å²) in [6.07, 6.45) is 1.33. The second kappa shape index (κ2) is 11.3. The average Bonchev–Trinajstić information content (AvgIpc) is 3.30. The van der Waals surface area contributed by atoms with E-state index in [-0.39, 0.29) is 19.6 Å². The first-order valence-electron chi connectivity index (χ1n) is 9.84. The number of nitrogens with one attached hydrogen (secondary N) is 1. The fraction of sp³-hybridized carbons (Fsp3) is 0.217. The van der Waals surface area contributed by atoms with Gasteiger partial charge >= 0.3 is 18.2 Å². The molecule has 0 saturated carbocycles. The number of esters is 1. The molecule has 1 amide bonds. The number of aromatic nitrogens is 2. The third-order valence-electron chi connectivity index (χ3n) is 4.46. The zero-order chi connectivity index (χ0) is 22.8. The van der Waals surface area contributed by atoms with E-state index >= 15 is 0 Å². The Morgan fingerprint density at radius 2 is 1.53 bits per heavy atom. The number of benzene rings is 2. The van der Waals surface area contributed by atoms with Crippen LogP contribution in [0.2, 0.25) is 0 Å². The van der Waals surface area contributed by atoms with Crippen molar-refractivity contribution in [2.24, 2.45) is 0 Å². The molecule has 0 spiro atoms. The van der Waals surface area contributed by atoms with Crippen molar-refractivity contribution < 1.29 is 28.6 Å². The number of rotatable bonds is 8. The van der Waals surface area contributed by atoms with E-state index in [2.05, 4.69) is 10.3 Å². The molecule has 0 fully saturated rings. The van der Waals surface area contributed by atoms with Gasteiger partial charge in [0.15, 0.2) is 0 Å². The molecular formula is C23H23N3O6. The molecule has 0 bridgehead atoms. The molecule has 0 aliphatic carbocycles. The Morgan fingerprint density at radius 3 is 2.12 bits per heavy atom. The van der Waals surface area contributed by atoms with Gasteiger partial charge in [0.2, 0.25) is 0 Å². The van der Waals surface area contributed by atoms with Crippen LogP contribution < -0.4 is 5.32 Å². The van der Waals surface area contributed by atoms with Crippen LogP contribution in [0.5, 0.6) is 0 Å². The summed E-state index contributed by atoms with van der Waals surface area (Å²) in [5, 5.41) is 2.47. The molecule has 3 aromatic rings. The Morgan fingerprint density at radius 1 is 0.938 bits per heavy atom. The lowest BCUT2D eigenvalue weighted by Gasteiger charge is -2.15. The smallest absolute Gasteiger partial charge is 0.419 e. The molecule has 166 valence electrons. The van der Waals surface area contributed by atoms with E-state index in [1.165, 1.54) is 24.2 Å². The van der Waals surface area contributed by atoms with Gasteiger partial charge in [-0.15, -0.1) is 0 Å². The Bertz CT molecular complexity index is 1040. The molecule has 0 aliphatic heterocycles. The van der Waals surface area contributed by atoms with Gasteiger partial charge in [-0.25, -0.2) is 23.9 Å². The van der Waals surface area contributed by atoms with Crippen LogP contribution in [-0.2, 0) is 38.6 Å². The number of carbonyl (C=O) groups excluding carboxylic acids is 3. The maximum atomic E-state index is 12.2. The van der Waals surface area contributed by atoms with Crippen molar-refractivity contribution in [1.29, 1.82) is 0 Å². The van der Waals surface area contributed by atoms with E-state index in [0.29, 0.717) is 5.69 Å². The normalized spacial score (nSPS) is 11.3. The third kappa shape index (κ3) is 6.69. The van der Waals surface area contributed by atoms with Crippen LogP contribution in [0.25, 0.3) is 0 Å². The summed E-state index contributed by atoms with van der Waals surface area (Å²) < 4.78 is 16.3. The Kier molecular flexibility index (Phi) is 7.96. The summed E-state index contributed by atoms with van der Waals surface area (Å²) >= 11 is 0. The van der Waals surface area contributed by atoms with Crippen LogP contribution in [-0.4, -0.2) is 40.9 Å². The number of alkyl carbamates (subject to hydrolysis) is 1. The fourth-order valence-corrected chi connectivity index (χ4v) is 2.81. The monoisotopic (exact) mass is 437 g/mol. The average molecular weight is 437 g/mol. The first-order valence-corrected chi connectivity index (χ1v) is 9.84. The molecule has 1 atom stereocenters. The van der Waals surface area contributed by atoms with Gasteiger partial charge in [0, 0.05) is 12.6 Å². The predicted molar refractivity (Wildman–Crippen MR) is 114 cm³/mol. The second-order valence-corrected chi connectivity index (χ2v) is 6.80. The molecule has 0 radical (unpaired) electrons. The minimum atomic E-state index is -1.04. The van der Waals surface area contributed by atoms with Crippen molar-refractivity contribution in [2.45, 2.75) is 25.7 Å². The number of imidazole rings is 1. The summed E-state index contributed by atoms with van der Waals surface area (Å²) in [7, 11) is 1.21. The maximum absolute atomic E-state index is 12.2. The molecule has 0 aliphatic rings. The summed E-state index contributed by atoms with van der Waals surface area (Å²) in [5.74, 6) is -0.664. The lowest BCUT2D eigenvalue weighted by molar-refractivity contribution is -0.143. The second-order valence-electron chi connectivity index (χ2n) is 6.80. The van der Waals surface area contributed by atoms with E-state index < -0.39 is 24.2 Å². The van der Waals surface area contributed by atoms with Crippen molar-refractivity contribution in [3.05, 3.63) is 90.0 Å². The highest BCUT2D eigenvalue weighted by Crippen LogP contribution is 2.07. The van der Waals surface area contributed by atoms with Gasteiger partial charge in [-0.3, -0.25) is 0 Å². The van der Waals surface area contributed by atoms with Gasteiger partial charge in [-0.2, -0.15) is 0 Å². The molecule has 1 N–H and O–H groups in total. The molecule has 3 rings (SSSR count). The number of methoxy groups -OCH3 is 1. The molecular weight excluding hydrogens is 414 g/mol. The van der Waals surface area contributed by atoms with E-state index in [9.17, 15) is 14.4 Å². The van der Waals surface area contributed by atoms with Crippen molar-refractivity contribution in [3.8, 4) is 0 Å². The predicted octanol–water partition coefficient (Wildman–Crippen LogP) is 3.08. The van der Waals surface area contributed by atoms with Gasteiger partial charge in [0.1, 0.15) is 25.6 Å². The topological polar surface area (TPSA) is 109 Å². The van der Waals surface area contributed by atoms with Crippen LogP contribution >= 0.6 is 0 Å². The first-order chi connectivity index (χ1) is 15.5. The largest absolute Gasteiger partial charge is 0.467 e. The highest BCUT2D eigenvalue weighted by atomic mass is 16.6. The quantitative estimate of drug-likeness (QED) is 0.426. The summed E-state index contributed by atoms with van der Waals surface area (Å²) in [6.45, 7) is 0.176. The molecule has 1 aromatic heterocycles. The van der Waals surface area contributed by atoms with E-state index in [1.807, 2.05) is 60.7 Å². The summed E-state index contributed by atoms with van der Waals surface area (Å²) in [5.41, 5.74) is 2.05. The lowest BCUT2D eigenvalue weighted by Crippen LogP contribution is -2.43. The van der Waals surface area contributed by atoms with Crippen LogP contribution in [0, 0.1) is 0 Å². The molecule has 2 aromatic carbocycles. The van der Waals surface area contributed by atoms with Crippen LogP contribution in [0.1, 0.15) is 16.8 Å². The highest BCUT2D eigenvalue weighted by molar-refractivity contribution is 5.81. The van der Waals surface area contributed by atoms with Crippen LogP contribution in [0.15, 0.2) is 73.2 Å². The Hall–Kier alpha value is -4.14. The number of hydrogen-bond donors (Lipinski definition) is 1. The standard InChI is InChI=1S/C23H23N3O6/c1-30-21(27)20(25-22(28)31-14-17-8-4-2-5-9-17)12-19-13-26(16-24-19)23(29)32-15-18-10-6-3-7-11-18/h2-11,13,16,20H,12,14-15H2,1H3,(H,25,28)/t20-/m0/s1.